The smallest absolute Gasteiger partial charge is 0.313 e. The molecule has 5 fully saturated rings. The van der Waals surface area contributed by atoms with Crippen LogP contribution in [0.1, 0.15) is 142 Å². The first kappa shape index (κ1) is 46.0. The highest BCUT2D eigenvalue weighted by atomic mass is 32.2. The van der Waals surface area contributed by atoms with Gasteiger partial charge in [-0.3, -0.25) is 9.59 Å². The monoisotopic (exact) mass is 861 g/mol. The molecule has 4 saturated carbocycles. The summed E-state index contributed by atoms with van der Waals surface area (Å²) in [5, 5.41) is 14.7. The molecule has 0 radical (unpaired) electrons. The fraction of sp³-hybridized carbons (Fsp3) is 0.740. The van der Waals surface area contributed by atoms with Crippen molar-refractivity contribution in [1.29, 1.82) is 0 Å². The van der Waals surface area contributed by atoms with Gasteiger partial charge in [-0.1, -0.05) is 65.3 Å². The highest BCUT2D eigenvalue weighted by Gasteiger charge is 2.66. The third kappa shape index (κ3) is 8.67. The van der Waals surface area contributed by atoms with E-state index in [-0.39, 0.29) is 51.3 Å². The Balaban J connectivity index is 1.06. The van der Waals surface area contributed by atoms with Crippen molar-refractivity contribution in [2.45, 2.75) is 137 Å². The molecular weight excluding hydrogens is 785 g/mol. The number of pyridine rings is 1. The van der Waals surface area contributed by atoms with Gasteiger partial charge in [-0.25, -0.2) is 13.4 Å². The number of nitrogens with zero attached hydrogens (tertiary/aromatic N) is 2. The minimum atomic E-state index is -2.88. The molecule has 7 rings (SSSR count). The van der Waals surface area contributed by atoms with Gasteiger partial charge in [-0.05, 0) is 153 Å². The van der Waals surface area contributed by atoms with Crippen LogP contribution in [0, 0.1) is 51.2 Å². The number of carbonyl (C=O) groups is 2. The zero-order valence-electron chi connectivity index (χ0n) is 38.2. The molecule has 0 spiro atoms. The number of carbonyl (C=O) groups excluding carboxylic acids is 1. The summed E-state index contributed by atoms with van der Waals surface area (Å²) in [4.78, 5) is 31.1. The molecule has 61 heavy (non-hydrogen) atoms. The van der Waals surface area contributed by atoms with Crippen molar-refractivity contribution in [1.82, 2.24) is 15.2 Å². The van der Waals surface area contributed by atoms with E-state index < -0.39 is 27.1 Å². The maximum absolute atomic E-state index is 12.9. The molecule has 338 valence electrons. The third-order valence-electron chi connectivity index (χ3n) is 18.2. The lowest BCUT2D eigenvalue weighted by Crippen LogP contribution is -2.65. The molecule has 5 aliphatic carbocycles. The van der Waals surface area contributed by atoms with Crippen LogP contribution in [0.2, 0.25) is 0 Å². The van der Waals surface area contributed by atoms with Crippen LogP contribution >= 0.6 is 0 Å². The quantitative estimate of drug-likeness (QED) is 0.147. The maximum atomic E-state index is 12.9. The van der Waals surface area contributed by atoms with Crippen LogP contribution in [0.15, 0.2) is 53.8 Å². The Morgan fingerprint density at radius 1 is 1.08 bits per heavy atom. The predicted molar refractivity (Wildman–Crippen MR) is 243 cm³/mol. The molecule has 11 heteroatoms. The Hall–Kier alpha value is -3.02. The number of rotatable bonds is 15. The van der Waals surface area contributed by atoms with Gasteiger partial charge < -0.3 is 25.8 Å². The van der Waals surface area contributed by atoms with Gasteiger partial charge in [0.15, 0.2) is 9.84 Å². The summed E-state index contributed by atoms with van der Waals surface area (Å²) >= 11 is 0. The molecule has 10 nitrogen and oxygen atoms in total. The first-order valence-electron chi connectivity index (χ1n) is 23.6. The van der Waals surface area contributed by atoms with Crippen molar-refractivity contribution < 1.29 is 27.9 Å². The number of fused-ring (bicyclic) bond motifs is 5. The topological polar surface area (TPSA) is 152 Å². The van der Waals surface area contributed by atoms with Crippen molar-refractivity contribution in [3.05, 3.63) is 59.3 Å². The molecule has 4 N–H and O–H groups in total. The van der Waals surface area contributed by atoms with E-state index in [1.165, 1.54) is 92.8 Å². The van der Waals surface area contributed by atoms with E-state index in [1.807, 2.05) is 0 Å². The molecule has 1 aliphatic heterocycles. The van der Waals surface area contributed by atoms with E-state index >= 15 is 0 Å². The SMILES string of the molecule is C=C(C)[C@@H]1CC[C@]2(NCCN3CCS(=O)(=O)CC3)CC[C@]3(C)[C@H](CC[C@@H]4C[C@H](C(C)(C)/C(=C\CCC)C5=CC[C@@](COc6cc(C(N)=O)ccn6)(C(=O)O)CC5)CC[C@]43C)[C@@H]12. The molecule has 0 bridgehead atoms. The summed E-state index contributed by atoms with van der Waals surface area (Å²) < 4.78 is 30.1. The normalized spacial score (nSPS) is 36.5. The van der Waals surface area contributed by atoms with Crippen LogP contribution in [0.25, 0.3) is 0 Å². The second-order valence-electron chi connectivity index (χ2n) is 21.5. The number of ether oxygens (including phenoxy) is 1. The number of unbranched alkanes of at least 4 members (excludes halogenated alkanes) is 1. The molecule has 1 aromatic rings. The van der Waals surface area contributed by atoms with Crippen LogP contribution < -0.4 is 15.8 Å². The lowest BCUT2D eigenvalue weighted by atomic mass is 9.38. The number of carboxylic acids is 1. The standard InChI is InChI=1S/C50H76N4O6S/c1-8-9-10-40(35-13-19-49(20-14-35,45(56)57)33-60-42-31-36(44(51)55)17-24-52-42)46(4,5)37-15-18-47(6)38(32-37)11-12-41-43-39(34(2)3)16-21-50(43,23-22-48(41,47)7)53-25-26-54-27-29-61(58,59)30-28-54/h10,13,17,24,31,37-39,41,43,53H,2,8-9,11-12,14-16,18-23,25-30,32-33H2,1,3-7H3,(H2,51,55)(H,56,57)/b40-10-/t37-,38-,39+,41-,43-,47-,48-,49-,50+/m1/s1. The van der Waals surface area contributed by atoms with Crippen LogP contribution in [-0.4, -0.2) is 85.1 Å². The number of hydrogen-bond donors (Lipinski definition) is 3. The number of sulfone groups is 1. The maximum Gasteiger partial charge on any atom is 0.313 e. The van der Waals surface area contributed by atoms with E-state index in [4.69, 9.17) is 10.5 Å². The first-order chi connectivity index (χ1) is 28.8. The number of nitrogens with two attached hydrogens (primary N) is 1. The molecule has 1 aromatic heterocycles. The number of hydrogen-bond acceptors (Lipinski definition) is 8. The van der Waals surface area contributed by atoms with Gasteiger partial charge in [0.05, 0.1) is 11.5 Å². The number of aliphatic carboxylic acids is 1. The van der Waals surface area contributed by atoms with E-state index in [9.17, 15) is 23.1 Å². The van der Waals surface area contributed by atoms with Crippen molar-refractivity contribution in [3.63, 3.8) is 0 Å². The van der Waals surface area contributed by atoms with Gasteiger partial charge in [0.2, 0.25) is 11.8 Å². The average Bonchev–Trinajstić information content (AvgIpc) is 3.61. The minimum Gasteiger partial charge on any atom is -0.481 e. The Bertz CT molecular complexity index is 2000. The molecule has 0 aromatic carbocycles. The Morgan fingerprint density at radius 2 is 1.84 bits per heavy atom. The van der Waals surface area contributed by atoms with Gasteiger partial charge in [0, 0.05) is 49.5 Å². The molecule has 9 atom stereocenters. The van der Waals surface area contributed by atoms with Crippen molar-refractivity contribution in [2.24, 2.45) is 57.0 Å². The first-order valence-corrected chi connectivity index (χ1v) is 25.5. The fourth-order valence-corrected chi connectivity index (χ4v) is 15.3. The van der Waals surface area contributed by atoms with Crippen LogP contribution in [0.5, 0.6) is 5.88 Å². The lowest BCUT2D eigenvalue weighted by molar-refractivity contribution is -0.176. The number of amides is 1. The second kappa shape index (κ2) is 17.5. The van der Waals surface area contributed by atoms with Crippen LogP contribution in [0.3, 0.4) is 0 Å². The summed E-state index contributed by atoms with van der Waals surface area (Å²) in [6, 6.07) is 3.00. The molecular formula is C50H76N4O6S. The summed E-state index contributed by atoms with van der Waals surface area (Å²) in [7, 11) is -2.88. The summed E-state index contributed by atoms with van der Waals surface area (Å²) in [5.41, 5.74) is 9.30. The van der Waals surface area contributed by atoms with Gasteiger partial charge in [0.25, 0.3) is 0 Å². The number of carboxylic acid groups (broad SMARTS) is 1. The number of allylic oxidation sites excluding steroid dienone is 5. The highest BCUT2D eigenvalue weighted by molar-refractivity contribution is 7.91. The largest absolute Gasteiger partial charge is 0.481 e. The summed E-state index contributed by atoms with van der Waals surface area (Å²) in [6.45, 7) is 22.5. The molecule has 1 amide bonds. The van der Waals surface area contributed by atoms with Gasteiger partial charge in [0.1, 0.15) is 12.0 Å². The lowest BCUT2D eigenvalue weighted by Gasteiger charge is -2.68. The van der Waals surface area contributed by atoms with Crippen molar-refractivity contribution >= 4 is 21.7 Å². The second-order valence-corrected chi connectivity index (χ2v) is 23.8. The fourth-order valence-electron chi connectivity index (χ4n) is 14.0. The number of primary amides is 1. The van der Waals surface area contributed by atoms with Gasteiger partial charge in [-0.2, -0.15) is 0 Å². The van der Waals surface area contributed by atoms with E-state index in [2.05, 4.69) is 75.5 Å². The highest BCUT2D eigenvalue weighted by Crippen LogP contribution is 2.72. The molecule has 2 heterocycles. The summed E-state index contributed by atoms with van der Waals surface area (Å²) in [5.74, 6) is 2.30. The van der Waals surface area contributed by atoms with Crippen LogP contribution in [0.4, 0.5) is 0 Å². The van der Waals surface area contributed by atoms with E-state index in [0.29, 0.717) is 61.9 Å². The molecule has 1 saturated heterocycles. The van der Waals surface area contributed by atoms with Crippen LogP contribution in [-0.2, 0) is 14.6 Å². The molecule has 0 unspecified atom stereocenters. The van der Waals surface area contributed by atoms with Gasteiger partial charge in [-0.15, -0.1) is 0 Å². The summed E-state index contributed by atoms with van der Waals surface area (Å²) in [6.07, 6.45) is 20.8. The Morgan fingerprint density at radius 3 is 2.49 bits per heavy atom. The zero-order chi connectivity index (χ0) is 44.0. The van der Waals surface area contributed by atoms with Crippen molar-refractivity contribution in [3.8, 4) is 5.88 Å². The minimum absolute atomic E-state index is 0.0284. The average molecular weight is 861 g/mol. The van der Waals surface area contributed by atoms with Crippen molar-refractivity contribution in [2.75, 3.05) is 44.3 Å². The third-order valence-corrected chi connectivity index (χ3v) is 19.8. The van der Waals surface area contributed by atoms with E-state index in [0.717, 1.165) is 25.9 Å². The van der Waals surface area contributed by atoms with Gasteiger partial charge >= 0.3 is 5.97 Å². The number of nitrogens with one attached hydrogen (secondary N) is 1. The Labute approximate surface area is 366 Å². The number of aromatic nitrogens is 1. The van der Waals surface area contributed by atoms with E-state index in [1.54, 1.807) is 0 Å². The Kier molecular flexibility index (Phi) is 13.2. The zero-order valence-corrected chi connectivity index (χ0v) is 39.0. The molecule has 6 aliphatic rings. The predicted octanol–water partition coefficient (Wildman–Crippen LogP) is 8.79.